The Kier molecular flexibility index (Phi) is 5.93. The second-order valence-electron chi connectivity index (χ2n) is 4.42. The summed E-state index contributed by atoms with van der Waals surface area (Å²) in [4.78, 5) is 1.38. The van der Waals surface area contributed by atoms with Gasteiger partial charge in [-0.2, -0.15) is 0 Å². The Balaban J connectivity index is 2.66. The van der Waals surface area contributed by atoms with E-state index in [-0.39, 0.29) is 0 Å². The summed E-state index contributed by atoms with van der Waals surface area (Å²) in [5.41, 5.74) is 7.24. The highest BCUT2D eigenvalue weighted by Gasteiger charge is 2.16. The minimum atomic E-state index is 0.543. The van der Waals surface area contributed by atoms with Crippen molar-refractivity contribution in [3.05, 3.63) is 29.8 Å². The molecule has 16 heavy (non-hydrogen) atoms. The first-order valence-electron chi connectivity index (χ1n) is 6.11. The molecule has 0 aliphatic rings. The molecule has 0 saturated carbocycles. The van der Waals surface area contributed by atoms with E-state index in [1.807, 2.05) is 11.8 Å². The van der Waals surface area contributed by atoms with Crippen molar-refractivity contribution >= 4 is 11.8 Å². The van der Waals surface area contributed by atoms with Crippen LogP contribution in [0.3, 0.4) is 0 Å². The van der Waals surface area contributed by atoms with Gasteiger partial charge in [0.25, 0.3) is 0 Å². The molecule has 0 fully saturated rings. The van der Waals surface area contributed by atoms with E-state index >= 15 is 0 Å². The number of thioether (sulfide) groups is 1. The summed E-state index contributed by atoms with van der Waals surface area (Å²) in [6.45, 7) is 7.48. The van der Waals surface area contributed by atoms with Crippen LogP contribution in [-0.2, 0) is 0 Å². The zero-order chi connectivity index (χ0) is 12.0. The molecule has 0 bridgehead atoms. The van der Waals surface area contributed by atoms with Gasteiger partial charge < -0.3 is 5.73 Å². The molecule has 2 heteroatoms. The van der Waals surface area contributed by atoms with Crippen LogP contribution < -0.4 is 5.73 Å². The molecule has 0 aromatic heterocycles. The second kappa shape index (κ2) is 6.97. The van der Waals surface area contributed by atoms with Crippen LogP contribution in [0.15, 0.2) is 29.2 Å². The normalized spacial score (nSPS) is 14.8. The molecular formula is C14H23NS. The minimum Gasteiger partial charge on any atom is -0.329 e. The van der Waals surface area contributed by atoms with E-state index in [9.17, 15) is 0 Å². The number of hydrogen-bond donors (Lipinski definition) is 1. The summed E-state index contributed by atoms with van der Waals surface area (Å²) < 4.78 is 0. The van der Waals surface area contributed by atoms with Crippen LogP contribution in [0.1, 0.15) is 32.3 Å². The zero-order valence-electron chi connectivity index (χ0n) is 10.6. The van der Waals surface area contributed by atoms with E-state index in [1.165, 1.54) is 23.3 Å². The Morgan fingerprint density at radius 3 is 2.56 bits per heavy atom. The molecule has 0 radical (unpaired) electrons. The number of rotatable bonds is 6. The molecule has 1 rings (SSSR count). The number of nitrogens with two attached hydrogens (primary N) is 1. The average Bonchev–Trinajstić information content (AvgIpc) is 2.28. The summed E-state index contributed by atoms with van der Waals surface area (Å²) >= 11 is 1.94. The van der Waals surface area contributed by atoms with Gasteiger partial charge in [0.1, 0.15) is 0 Å². The third-order valence-corrected chi connectivity index (χ3v) is 4.65. The lowest BCUT2D eigenvalue weighted by Gasteiger charge is -2.22. The van der Waals surface area contributed by atoms with E-state index < -0.39 is 0 Å². The summed E-state index contributed by atoms with van der Waals surface area (Å²) in [6, 6.07) is 8.56. The van der Waals surface area contributed by atoms with Crippen molar-refractivity contribution < 1.29 is 0 Å². The first kappa shape index (κ1) is 13.6. The smallest absolute Gasteiger partial charge is 0.0243 e. The molecule has 2 unspecified atom stereocenters. The lowest BCUT2D eigenvalue weighted by Crippen LogP contribution is -2.24. The molecule has 1 aromatic rings. The largest absolute Gasteiger partial charge is 0.329 e. The summed E-state index contributed by atoms with van der Waals surface area (Å²) in [5.74, 6) is 0.694. The van der Waals surface area contributed by atoms with Crippen LogP contribution >= 0.6 is 11.8 Å². The number of hydrogen-bond acceptors (Lipinski definition) is 2. The zero-order valence-corrected chi connectivity index (χ0v) is 11.4. The second-order valence-corrected chi connectivity index (χ2v) is 5.70. The molecule has 2 N–H and O–H groups in total. The molecule has 0 amide bonds. The third kappa shape index (κ3) is 3.84. The van der Waals surface area contributed by atoms with Crippen molar-refractivity contribution in [2.24, 2.45) is 11.7 Å². The fraction of sp³-hybridized carbons (Fsp3) is 0.571. The lowest BCUT2D eigenvalue weighted by atomic mass is 10.0. The molecule has 0 aliphatic carbocycles. The predicted molar refractivity (Wildman–Crippen MR) is 74.0 cm³/mol. The Morgan fingerprint density at radius 2 is 2.00 bits per heavy atom. The average molecular weight is 237 g/mol. The van der Waals surface area contributed by atoms with Gasteiger partial charge in [0, 0.05) is 16.7 Å². The topological polar surface area (TPSA) is 26.0 Å². The summed E-state index contributed by atoms with van der Waals surface area (Å²) in [6.07, 6.45) is 2.51. The van der Waals surface area contributed by atoms with Gasteiger partial charge in [0.05, 0.1) is 0 Å². The number of aryl methyl sites for hydroxylation is 1. The lowest BCUT2D eigenvalue weighted by molar-refractivity contribution is 0.505. The van der Waals surface area contributed by atoms with E-state index in [4.69, 9.17) is 5.73 Å². The molecule has 90 valence electrons. The standard InChI is InChI=1S/C14H23NS/c1-4-7-11(2)14(10-15)16-13-9-6-5-8-12(13)3/h5-6,8-9,11,14H,4,7,10,15H2,1-3H3. The highest BCUT2D eigenvalue weighted by molar-refractivity contribution is 8.00. The van der Waals surface area contributed by atoms with Crippen molar-refractivity contribution in [1.82, 2.24) is 0 Å². The van der Waals surface area contributed by atoms with Crippen molar-refractivity contribution in [1.29, 1.82) is 0 Å². The predicted octanol–water partition coefficient (Wildman–Crippen LogP) is 3.85. The van der Waals surface area contributed by atoms with E-state index in [1.54, 1.807) is 0 Å². The van der Waals surface area contributed by atoms with Gasteiger partial charge in [-0.05, 0) is 30.9 Å². The Labute approximate surface area is 104 Å². The van der Waals surface area contributed by atoms with Crippen LogP contribution in [0.25, 0.3) is 0 Å². The van der Waals surface area contributed by atoms with E-state index in [0.29, 0.717) is 11.2 Å². The maximum absolute atomic E-state index is 5.88. The first-order valence-corrected chi connectivity index (χ1v) is 6.99. The molecule has 1 nitrogen and oxygen atoms in total. The quantitative estimate of drug-likeness (QED) is 0.761. The molecule has 0 heterocycles. The van der Waals surface area contributed by atoms with Gasteiger partial charge >= 0.3 is 0 Å². The Bertz CT molecular complexity index is 311. The van der Waals surface area contributed by atoms with Crippen LogP contribution in [0.2, 0.25) is 0 Å². The Hall–Kier alpha value is -0.470. The van der Waals surface area contributed by atoms with E-state index in [2.05, 4.69) is 45.0 Å². The van der Waals surface area contributed by atoms with Gasteiger partial charge in [0.15, 0.2) is 0 Å². The maximum Gasteiger partial charge on any atom is 0.0243 e. The van der Waals surface area contributed by atoms with Gasteiger partial charge in [-0.1, -0.05) is 38.5 Å². The number of benzene rings is 1. The summed E-state index contributed by atoms with van der Waals surface area (Å²) in [7, 11) is 0. The third-order valence-electron chi connectivity index (χ3n) is 2.98. The van der Waals surface area contributed by atoms with Crippen molar-refractivity contribution in [3.8, 4) is 0 Å². The van der Waals surface area contributed by atoms with E-state index in [0.717, 1.165) is 6.54 Å². The molecule has 0 saturated heterocycles. The van der Waals surface area contributed by atoms with Crippen LogP contribution in [0, 0.1) is 12.8 Å². The highest BCUT2D eigenvalue weighted by atomic mass is 32.2. The SMILES string of the molecule is CCCC(C)C(CN)Sc1ccccc1C. The van der Waals surface area contributed by atoms with Gasteiger partial charge in [-0.3, -0.25) is 0 Å². The molecule has 2 atom stereocenters. The Morgan fingerprint density at radius 1 is 1.31 bits per heavy atom. The highest BCUT2D eigenvalue weighted by Crippen LogP contribution is 2.31. The van der Waals surface area contributed by atoms with Gasteiger partial charge in [-0.15, -0.1) is 11.8 Å². The van der Waals surface area contributed by atoms with Crippen LogP contribution in [0.4, 0.5) is 0 Å². The monoisotopic (exact) mass is 237 g/mol. The van der Waals surface area contributed by atoms with Crippen molar-refractivity contribution in [3.63, 3.8) is 0 Å². The molecule has 0 spiro atoms. The van der Waals surface area contributed by atoms with Gasteiger partial charge in [-0.25, -0.2) is 0 Å². The van der Waals surface area contributed by atoms with Crippen LogP contribution in [-0.4, -0.2) is 11.8 Å². The molecular weight excluding hydrogens is 214 g/mol. The van der Waals surface area contributed by atoms with Gasteiger partial charge in [0.2, 0.25) is 0 Å². The maximum atomic E-state index is 5.88. The first-order chi connectivity index (χ1) is 7.69. The minimum absolute atomic E-state index is 0.543. The van der Waals surface area contributed by atoms with Crippen molar-refractivity contribution in [2.75, 3.05) is 6.54 Å². The molecule has 0 aliphatic heterocycles. The molecule has 1 aromatic carbocycles. The van der Waals surface area contributed by atoms with Crippen molar-refractivity contribution in [2.45, 2.75) is 43.8 Å². The summed E-state index contributed by atoms with van der Waals surface area (Å²) in [5, 5.41) is 0.543. The fourth-order valence-corrected chi connectivity index (χ4v) is 3.09. The fourth-order valence-electron chi connectivity index (χ4n) is 1.89. The van der Waals surface area contributed by atoms with Crippen LogP contribution in [0.5, 0.6) is 0 Å².